The molecule has 0 spiro atoms. The number of nitrogens with zero attached hydrogens (tertiary/aromatic N) is 7. The van der Waals surface area contributed by atoms with Crippen LogP contribution < -0.4 is 20.5 Å². The van der Waals surface area contributed by atoms with Crippen LogP contribution in [0.25, 0.3) is 0 Å². The lowest BCUT2D eigenvalue weighted by Crippen LogP contribution is -2.65. The van der Waals surface area contributed by atoms with Crippen molar-refractivity contribution >= 4 is 17.6 Å². The lowest BCUT2D eigenvalue weighted by Gasteiger charge is -2.40. The molecular formula is C25H28F3N9O3. The first-order chi connectivity index (χ1) is 19.2. The highest BCUT2D eigenvalue weighted by atomic mass is 19.4. The molecule has 212 valence electrons. The van der Waals surface area contributed by atoms with Gasteiger partial charge >= 0.3 is 6.18 Å². The Balaban J connectivity index is 1.18. The summed E-state index contributed by atoms with van der Waals surface area (Å²) >= 11 is 0. The second-order valence-electron chi connectivity index (χ2n) is 9.86. The Labute approximate surface area is 228 Å². The van der Waals surface area contributed by atoms with Gasteiger partial charge in [-0.05, 0) is 25.5 Å². The van der Waals surface area contributed by atoms with E-state index >= 15 is 0 Å². The van der Waals surface area contributed by atoms with Crippen LogP contribution >= 0.6 is 0 Å². The van der Waals surface area contributed by atoms with E-state index in [4.69, 9.17) is 10.00 Å². The summed E-state index contributed by atoms with van der Waals surface area (Å²) in [5.74, 6) is -2.44. The van der Waals surface area contributed by atoms with Crippen molar-refractivity contribution in [2.75, 3.05) is 50.8 Å². The predicted molar refractivity (Wildman–Crippen MR) is 134 cm³/mol. The number of carbonyl (C=O) groups excluding carboxylic acids is 2. The SMILES string of the molecule is N#Cc1cnc(N2CCN(C(=O)c3cncc(OC[C@@H]4CCCN4C4CNNC(=O)C4C(F)(F)F)c3)CC2)cn1. The van der Waals surface area contributed by atoms with Crippen molar-refractivity contribution in [2.45, 2.75) is 31.1 Å². The topological polar surface area (TPSA) is 140 Å². The van der Waals surface area contributed by atoms with Crippen molar-refractivity contribution in [2.24, 2.45) is 5.92 Å². The van der Waals surface area contributed by atoms with E-state index in [1.807, 2.05) is 11.0 Å². The number of aromatic nitrogens is 3. The number of piperazine rings is 1. The number of nitrogens with one attached hydrogen (secondary N) is 2. The molecule has 0 saturated carbocycles. The minimum absolute atomic E-state index is 0.0248. The van der Waals surface area contributed by atoms with Crippen molar-refractivity contribution in [1.29, 1.82) is 5.26 Å². The Hall–Kier alpha value is -4.03. The Kier molecular flexibility index (Phi) is 7.99. The minimum atomic E-state index is -4.66. The van der Waals surface area contributed by atoms with Crippen LogP contribution in [0.3, 0.4) is 0 Å². The molecule has 3 saturated heterocycles. The summed E-state index contributed by atoms with van der Waals surface area (Å²) < 4.78 is 46.9. The number of likely N-dealkylation sites (tertiary alicyclic amines) is 1. The molecule has 5 heterocycles. The highest BCUT2D eigenvalue weighted by Crippen LogP contribution is 2.35. The maximum atomic E-state index is 13.7. The number of anilines is 1. The number of hydrogen-bond donors (Lipinski definition) is 2. The number of ether oxygens (including phenoxy) is 1. The Morgan fingerprint density at radius 1 is 1.12 bits per heavy atom. The van der Waals surface area contributed by atoms with Gasteiger partial charge in [0.1, 0.15) is 24.2 Å². The van der Waals surface area contributed by atoms with E-state index in [2.05, 4.69) is 25.8 Å². The molecule has 2 amide bonds. The van der Waals surface area contributed by atoms with Crippen LogP contribution in [0, 0.1) is 17.2 Å². The van der Waals surface area contributed by atoms with E-state index in [0.29, 0.717) is 62.7 Å². The van der Waals surface area contributed by atoms with Gasteiger partial charge in [-0.2, -0.15) is 18.4 Å². The van der Waals surface area contributed by atoms with E-state index in [9.17, 15) is 22.8 Å². The predicted octanol–water partition coefficient (Wildman–Crippen LogP) is 0.730. The standard InChI is InChI=1S/C25H28F3N9O3/c26-25(27,28)22-20(13-33-34-23(22)38)37-3-1-2-18(37)15-40-19-8-16(10-30-12-19)24(39)36-6-4-35(5-7-36)21-14-31-17(9-29)11-32-21/h8,10-12,14,18,20,22,33H,1-7,13,15H2,(H,34,38)/t18-,20?,22?/m0/s1. The molecular weight excluding hydrogens is 531 g/mol. The molecule has 0 bridgehead atoms. The summed E-state index contributed by atoms with van der Waals surface area (Å²) in [5, 5.41) is 8.88. The molecule has 0 aliphatic carbocycles. The fourth-order valence-corrected chi connectivity index (χ4v) is 5.43. The van der Waals surface area contributed by atoms with Crippen molar-refractivity contribution < 1.29 is 27.5 Å². The van der Waals surface area contributed by atoms with Gasteiger partial charge in [-0.3, -0.25) is 24.9 Å². The van der Waals surface area contributed by atoms with Gasteiger partial charge in [0.05, 0.1) is 24.2 Å². The number of hydrazine groups is 1. The van der Waals surface area contributed by atoms with Gasteiger partial charge in [0, 0.05) is 51.0 Å². The average Bonchev–Trinajstić information content (AvgIpc) is 3.44. The molecule has 3 atom stereocenters. The van der Waals surface area contributed by atoms with Crippen molar-refractivity contribution in [3.63, 3.8) is 0 Å². The fraction of sp³-hybridized carbons (Fsp3) is 0.520. The number of amides is 2. The third kappa shape index (κ3) is 5.92. The van der Waals surface area contributed by atoms with Crippen LogP contribution in [0.15, 0.2) is 30.9 Å². The van der Waals surface area contributed by atoms with E-state index in [1.165, 1.54) is 24.8 Å². The van der Waals surface area contributed by atoms with Gasteiger partial charge in [0.2, 0.25) is 5.91 Å². The van der Waals surface area contributed by atoms with Gasteiger partial charge in [0.25, 0.3) is 5.91 Å². The average molecular weight is 560 g/mol. The molecule has 40 heavy (non-hydrogen) atoms. The monoisotopic (exact) mass is 559 g/mol. The molecule has 2 aromatic rings. The summed E-state index contributed by atoms with van der Waals surface area (Å²) in [5.41, 5.74) is 5.24. The number of hydrogen-bond acceptors (Lipinski definition) is 10. The highest BCUT2D eigenvalue weighted by molar-refractivity contribution is 5.94. The lowest BCUT2D eigenvalue weighted by molar-refractivity contribution is -0.201. The summed E-state index contributed by atoms with van der Waals surface area (Å²) in [6.07, 6.45) is 2.52. The smallest absolute Gasteiger partial charge is 0.402 e. The van der Waals surface area contributed by atoms with E-state index in [1.54, 1.807) is 15.9 Å². The molecule has 15 heteroatoms. The quantitative estimate of drug-likeness (QED) is 0.521. The first-order valence-corrected chi connectivity index (χ1v) is 12.9. The molecule has 2 aromatic heterocycles. The zero-order valence-corrected chi connectivity index (χ0v) is 21.5. The normalized spacial score (nSPS) is 23.9. The van der Waals surface area contributed by atoms with E-state index in [-0.39, 0.29) is 30.8 Å². The number of nitriles is 1. The van der Waals surface area contributed by atoms with Gasteiger partial charge in [-0.25, -0.2) is 15.4 Å². The van der Waals surface area contributed by atoms with Crippen LogP contribution in [0.4, 0.5) is 19.0 Å². The third-order valence-electron chi connectivity index (χ3n) is 7.44. The Morgan fingerprint density at radius 3 is 2.62 bits per heavy atom. The van der Waals surface area contributed by atoms with Gasteiger partial charge < -0.3 is 14.5 Å². The molecule has 2 N–H and O–H groups in total. The largest absolute Gasteiger partial charge is 0.490 e. The van der Waals surface area contributed by atoms with Crippen molar-refractivity contribution in [1.82, 2.24) is 35.6 Å². The highest BCUT2D eigenvalue weighted by Gasteiger charge is 2.54. The van der Waals surface area contributed by atoms with Gasteiger partial charge in [0.15, 0.2) is 11.6 Å². The fourth-order valence-electron chi connectivity index (χ4n) is 5.43. The summed E-state index contributed by atoms with van der Waals surface area (Å²) in [7, 11) is 0. The summed E-state index contributed by atoms with van der Waals surface area (Å²) in [4.78, 5) is 43.0. The molecule has 3 fully saturated rings. The second kappa shape index (κ2) is 11.6. The molecule has 3 aliphatic heterocycles. The molecule has 3 aliphatic rings. The number of carbonyl (C=O) groups is 2. The summed E-state index contributed by atoms with van der Waals surface area (Å²) in [6.45, 7) is 2.49. The van der Waals surface area contributed by atoms with Gasteiger partial charge in [-0.15, -0.1) is 0 Å². The number of pyridine rings is 1. The number of halogens is 3. The van der Waals surface area contributed by atoms with Crippen molar-refractivity contribution in [3.05, 3.63) is 42.1 Å². The molecule has 0 radical (unpaired) electrons. The molecule has 12 nitrogen and oxygen atoms in total. The molecule has 2 unspecified atom stereocenters. The van der Waals surface area contributed by atoms with E-state index < -0.39 is 24.0 Å². The number of alkyl halides is 3. The summed E-state index contributed by atoms with van der Waals surface area (Å²) in [6, 6.07) is 2.16. The van der Waals surface area contributed by atoms with Crippen LogP contribution in [-0.2, 0) is 4.79 Å². The Morgan fingerprint density at radius 2 is 1.93 bits per heavy atom. The second-order valence-corrected chi connectivity index (χ2v) is 9.86. The lowest BCUT2D eigenvalue weighted by atomic mass is 9.94. The minimum Gasteiger partial charge on any atom is -0.490 e. The van der Waals surface area contributed by atoms with Crippen LogP contribution in [0.5, 0.6) is 5.75 Å². The molecule has 0 aromatic carbocycles. The van der Waals surface area contributed by atoms with Crippen LogP contribution in [0.2, 0.25) is 0 Å². The third-order valence-corrected chi connectivity index (χ3v) is 7.44. The van der Waals surface area contributed by atoms with Crippen molar-refractivity contribution in [3.8, 4) is 11.8 Å². The molecule has 5 rings (SSSR count). The first kappa shape index (κ1) is 27.5. The zero-order chi connectivity index (χ0) is 28.3. The maximum absolute atomic E-state index is 13.7. The zero-order valence-electron chi connectivity index (χ0n) is 21.5. The van der Waals surface area contributed by atoms with Crippen LogP contribution in [-0.4, -0.2) is 101 Å². The number of rotatable bonds is 6. The maximum Gasteiger partial charge on any atom is 0.402 e. The van der Waals surface area contributed by atoms with Gasteiger partial charge in [-0.1, -0.05) is 0 Å². The Bertz CT molecular complexity index is 1260. The van der Waals surface area contributed by atoms with E-state index in [0.717, 1.165) is 0 Å². The first-order valence-electron chi connectivity index (χ1n) is 12.9. The van der Waals surface area contributed by atoms with Crippen LogP contribution in [0.1, 0.15) is 28.9 Å².